The third-order valence-corrected chi connectivity index (χ3v) is 13.0. The maximum atomic E-state index is 14.7. The van der Waals surface area contributed by atoms with E-state index in [1.54, 1.807) is 6.92 Å². The van der Waals surface area contributed by atoms with Crippen LogP contribution in [0, 0.1) is 5.92 Å². The summed E-state index contributed by atoms with van der Waals surface area (Å²) in [7, 11) is -3.33. The number of nitrogens with two attached hydrogens (primary N) is 1. The van der Waals surface area contributed by atoms with Crippen molar-refractivity contribution in [2.75, 3.05) is 27.2 Å². The van der Waals surface area contributed by atoms with Gasteiger partial charge in [-0.2, -0.15) is 0 Å². The normalized spacial score (nSPS) is 28.8. The van der Waals surface area contributed by atoms with Crippen molar-refractivity contribution in [1.82, 2.24) is 19.4 Å². The first-order chi connectivity index (χ1) is 33.0. The summed E-state index contributed by atoms with van der Waals surface area (Å²) in [5, 5.41) is 53.3. The molecule has 0 aromatic carbocycles. The fourth-order valence-electron chi connectivity index (χ4n) is 9.00. The molecule has 1 aromatic heterocycles. The van der Waals surface area contributed by atoms with Crippen molar-refractivity contribution < 1.29 is 90.3 Å². The Kier molecular flexibility index (Phi) is 22.3. The van der Waals surface area contributed by atoms with E-state index in [-0.39, 0.29) is 19.3 Å². The summed E-state index contributed by atoms with van der Waals surface area (Å²) in [5.74, 6) is -6.30. The number of nitrogens with zero attached hydrogens (tertiary/aromatic N) is 3. The first-order valence-corrected chi connectivity index (χ1v) is 24.8. The third-order valence-electron chi connectivity index (χ3n) is 12.5. The highest BCUT2D eigenvalue weighted by Crippen LogP contribution is 2.37. The largest absolute Gasteiger partial charge is 0.726 e. The van der Waals surface area contributed by atoms with Crippen LogP contribution >= 0.6 is 0 Å². The SMILES string of the molecule is CCCCCCCCCCCC[C@@H](CC(=O)O[C@H]1CN(C)[C@@H]([C@H](O[C@@H]2O[C@H](CN)[C@@H](O)[C@H]2OS(=O)(=O)[O-])[C@H]2O[C@@H](n3ccc(=O)[nH]c3=O)[C@H](O)[C@@H]2O)C(=O)N(C)[C@@H]1C(=O)O)OC(=O)C[C@H](C)CC(=O)O. The molecule has 398 valence electrons. The van der Waals surface area contributed by atoms with Crippen LogP contribution in [-0.2, 0) is 62.2 Å². The van der Waals surface area contributed by atoms with Gasteiger partial charge >= 0.3 is 29.6 Å². The van der Waals surface area contributed by atoms with Gasteiger partial charge in [-0.05, 0) is 25.8 Å². The number of carbonyl (C=O) groups excluding carboxylic acids is 3. The van der Waals surface area contributed by atoms with Crippen LogP contribution in [-0.4, -0.2) is 188 Å². The van der Waals surface area contributed by atoms with Gasteiger partial charge in [0.2, 0.25) is 16.3 Å². The molecule has 27 heteroatoms. The van der Waals surface area contributed by atoms with E-state index in [1.165, 1.54) is 19.9 Å². The minimum Gasteiger partial charge on any atom is -0.726 e. The predicted molar refractivity (Wildman–Crippen MR) is 238 cm³/mol. The van der Waals surface area contributed by atoms with Gasteiger partial charge in [0.15, 0.2) is 24.7 Å². The molecule has 0 bridgehead atoms. The highest BCUT2D eigenvalue weighted by atomic mass is 32.3. The first-order valence-electron chi connectivity index (χ1n) is 23.4. The number of likely N-dealkylation sites (N-methyl/N-ethyl adjacent to an activating group) is 2. The molecule has 8 N–H and O–H groups in total. The number of nitrogens with one attached hydrogen (secondary N) is 1. The molecular weight excluding hydrogens is 955 g/mol. The maximum Gasteiger partial charge on any atom is 0.330 e. The summed E-state index contributed by atoms with van der Waals surface area (Å²) in [6, 6.07) is -2.91. The quantitative estimate of drug-likeness (QED) is 0.0222. The summed E-state index contributed by atoms with van der Waals surface area (Å²) in [4.78, 5) is 94.1. The first kappa shape index (κ1) is 58.2. The number of carboxylic acids is 2. The maximum absolute atomic E-state index is 14.7. The Morgan fingerprint density at radius 2 is 1.53 bits per heavy atom. The molecular formula is C43H68N5O21S-. The van der Waals surface area contributed by atoms with Gasteiger partial charge in [0, 0.05) is 45.2 Å². The number of hydrogen-bond acceptors (Lipinski definition) is 21. The fraction of sp³-hybridized carbons (Fsp3) is 0.791. The summed E-state index contributed by atoms with van der Waals surface area (Å²) >= 11 is 0. The summed E-state index contributed by atoms with van der Waals surface area (Å²) in [5.41, 5.74) is 3.76. The molecule has 3 fully saturated rings. The lowest BCUT2D eigenvalue weighted by Crippen LogP contribution is -2.60. The lowest BCUT2D eigenvalue weighted by Gasteiger charge is -2.38. The molecule has 3 aliphatic rings. The van der Waals surface area contributed by atoms with Crippen LogP contribution in [0.1, 0.15) is 110 Å². The number of H-pyrrole nitrogens is 1. The number of ether oxygens (including phenoxy) is 5. The minimum atomic E-state index is -5.62. The lowest BCUT2D eigenvalue weighted by molar-refractivity contribution is -0.230. The Morgan fingerprint density at radius 3 is 2.10 bits per heavy atom. The molecule has 3 aliphatic heterocycles. The van der Waals surface area contributed by atoms with Crippen LogP contribution in [0.25, 0.3) is 0 Å². The number of amides is 1. The van der Waals surface area contributed by atoms with E-state index in [9.17, 15) is 72.1 Å². The minimum absolute atomic E-state index is 0.208. The molecule has 26 nitrogen and oxygen atoms in total. The number of rotatable bonds is 28. The topological polar surface area (TPSA) is 386 Å². The van der Waals surface area contributed by atoms with Gasteiger partial charge in [0.1, 0.15) is 54.9 Å². The van der Waals surface area contributed by atoms with Gasteiger partial charge in [0.25, 0.3) is 5.56 Å². The number of aromatic amines is 1. The Bertz CT molecular complexity index is 2140. The number of esters is 2. The molecule has 3 saturated heterocycles. The van der Waals surface area contributed by atoms with E-state index >= 15 is 0 Å². The van der Waals surface area contributed by atoms with Crippen molar-refractivity contribution in [3.8, 4) is 0 Å². The van der Waals surface area contributed by atoms with Crippen LogP contribution in [0.2, 0.25) is 0 Å². The highest BCUT2D eigenvalue weighted by Gasteiger charge is 2.57. The average Bonchev–Trinajstić information content (AvgIpc) is 3.68. The number of carbonyl (C=O) groups is 5. The second-order valence-corrected chi connectivity index (χ2v) is 19.2. The Hall–Kier alpha value is -4.42. The van der Waals surface area contributed by atoms with E-state index in [0.29, 0.717) is 15.9 Å². The van der Waals surface area contributed by atoms with Crippen molar-refractivity contribution >= 4 is 40.2 Å². The molecule has 1 amide bonds. The lowest BCUT2D eigenvalue weighted by atomic mass is 9.97. The van der Waals surface area contributed by atoms with E-state index in [2.05, 4.69) is 11.1 Å². The highest BCUT2D eigenvalue weighted by molar-refractivity contribution is 7.80. The summed E-state index contributed by atoms with van der Waals surface area (Å²) in [6.07, 6.45) is -10.3. The van der Waals surface area contributed by atoms with Gasteiger partial charge in [-0.25, -0.2) is 18.0 Å². The summed E-state index contributed by atoms with van der Waals surface area (Å²) in [6.45, 7) is 2.59. The van der Waals surface area contributed by atoms with Crippen molar-refractivity contribution in [3.05, 3.63) is 33.1 Å². The number of aliphatic hydroxyl groups is 3. The van der Waals surface area contributed by atoms with Gasteiger partial charge < -0.3 is 64.4 Å². The van der Waals surface area contributed by atoms with Crippen molar-refractivity contribution in [1.29, 1.82) is 0 Å². The third kappa shape index (κ3) is 16.3. The number of unbranched alkanes of at least 4 members (excludes halogenated alkanes) is 9. The van der Waals surface area contributed by atoms with Gasteiger partial charge in [-0.15, -0.1) is 0 Å². The molecule has 0 aliphatic carbocycles. The predicted octanol–water partition coefficient (Wildman–Crippen LogP) is -1.32. The average molecular weight is 1020 g/mol. The Labute approximate surface area is 404 Å². The number of aromatic nitrogens is 2. The number of hydrogen-bond donors (Lipinski definition) is 7. The van der Waals surface area contributed by atoms with Gasteiger partial charge in [-0.3, -0.25) is 42.6 Å². The molecule has 4 heterocycles. The van der Waals surface area contributed by atoms with Crippen molar-refractivity contribution in [3.63, 3.8) is 0 Å². The van der Waals surface area contributed by atoms with Gasteiger partial charge in [-0.1, -0.05) is 71.6 Å². The molecule has 0 unspecified atom stereocenters. The zero-order chi connectivity index (χ0) is 52.0. The van der Waals surface area contributed by atoms with Crippen LogP contribution in [0.3, 0.4) is 0 Å². The molecule has 70 heavy (non-hydrogen) atoms. The van der Waals surface area contributed by atoms with Crippen molar-refractivity contribution in [2.24, 2.45) is 11.7 Å². The second kappa shape index (κ2) is 26.9. The fourth-order valence-corrected chi connectivity index (χ4v) is 9.48. The molecule has 1 aromatic rings. The van der Waals surface area contributed by atoms with E-state index < -0.39 is 156 Å². The summed E-state index contributed by atoms with van der Waals surface area (Å²) < 4.78 is 69.8. The smallest absolute Gasteiger partial charge is 0.330 e. The number of aliphatic carboxylic acids is 2. The number of carboxylic acid groups (broad SMARTS) is 2. The molecule has 4 rings (SSSR count). The zero-order valence-corrected chi connectivity index (χ0v) is 40.5. The van der Waals surface area contributed by atoms with Crippen LogP contribution in [0.15, 0.2) is 21.9 Å². The number of aliphatic hydroxyl groups excluding tert-OH is 3. The Balaban J connectivity index is 1.64. The van der Waals surface area contributed by atoms with E-state index in [0.717, 1.165) is 69.2 Å². The Morgan fingerprint density at radius 1 is 0.900 bits per heavy atom. The van der Waals surface area contributed by atoms with Crippen molar-refractivity contribution in [2.45, 2.75) is 183 Å². The standard InChI is InChI=1S/C43H69N5O21S/c1-5-6-7-8-9-10-11-12-13-14-15-24(64-29(52)19-23(2)18-28(50)51)20-30(53)65-26-22-46(3)32(39(57)47(4)31(26)41(58)59)36(68-42-38(69-70(61,62)63)33(54)25(21-44)66-42)37-34(55)35(56)40(67-37)48-17-16-27(49)45-43(48)60/h16-17,23-26,31-38,40,42,54-56H,5-15,18-22,44H2,1-4H3,(H,50,51)(H,58,59)(H,45,49,60)(H,61,62,63)/p-1/t23-,24+,25-,26+,31+,32+,33-,34+,35-,36+,37+,38-,40-,42+/m1/s1. The van der Waals surface area contributed by atoms with Crippen LogP contribution < -0.4 is 17.0 Å². The van der Waals surface area contributed by atoms with E-state index in [1.807, 2.05) is 4.98 Å². The molecule has 0 spiro atoms. The van der Waals surface area contributed by atoms with Gasteiger partial charge in [0.05, 0.1) is 6.42 Å². The van der Waals surface area contributed by atoms with Crippen LogP contribution in [0.5, 0.6) is 0 Å². The van der Waals surface area contributed by atoms with E-state index in [4.69, 9.17) is 29.4 Å². The molecule has 14 atom stereocenters. The zero-order valence-electron chi connectivity index (χ0n) is 39.6. The second-order valence-electron chi connectivity index (χ2n) is 18.2. The molecule has 0 saturated carbocycles. The molecule has 0 radical (unpaired) electrons. The van der Waals surface area contributed by atoms with Crippen LogP contribution in [0.4, 0.5) is 0 Å². The monoisotopic (exact) mass is 1020 g/mol.